The van der Waals surface area contributed by atoms with Crippen molar-refractivity contribution in [3.63, 3.8) is 0 Å². The number of hydrogen-bond donors (Lipinski definition) is 2. The normalized spacial score (nSPS) is 11.3. The van der Waals surface area contributed by atoms with Gasteiger partial charge < -0.3 is 5.32 Å². The van der Waals surface area contributed by atoms with E-state index in [4.69, 9.17) is 0 Å². The van der Waals surface area contributed by atoms with Crippen LogP contribution in [0.15, 0.2) is 89.1 Å². The van der Waals surface area contributed by atoms with Gasteiger partial charge in [0.1, 0.15) is 5.00 Å². The molecule has 0 bridgehead atoms. The van der Waals surface area contributed by atoms with Gasteiger partial charge in [-0.2, -0.15) is 0 Å². The van der Waals surface area contributed by atoms with Crippen LogP contribution in [0.5, 0.6) is 0 Å². The predicted octanol–water partition coefficient (Wildman–Crippen LogP) is 4.95. The molecule has 0 aliphatic heterocycles. The number of sulfonamides is 1. The second-order valence-electron chi connectivity index (χ2n) is 6.12. The molecule has 1 heterocycles. The zero-order valence-corrected chi connectivity index (χ0v) is 16.3. The first-order valence-corrected chi connectivity index (χ1v) is 10.8. The van der Waals surface area contributed by atoms with E-state index in [2.05, 4.69) is 10.0 Å². The van der Waals surface area contributed by atoms with Crippen LogP contribution >= 0.6 is 11.3 Å². The smallest absolute Gasteiger partial charge is 0.262 e. The summed E-state index contributed by atoms with van der Waals surface area (Å²) >= 11 is 1.31. The average molecular weight is 409 g/mol. The Hall–Kier alpha value is -3.16. The van der Waals surface area contributed by atoms with Crippen LogP contribution in [0.2, 0.25) is 0 Å². The van der Waals surface area contributed by atoms with Crippen LogP contribution in [0.3, 0.4) is 0 Å². The molecule has 0 atom stereocenters. The number of carbonyl (C=O) groups excluding carboxylic acids is 1. The minimum atomic E-state index is -3.66. The highest BCUT2D eigenvalue weighted by Crippen LogP contribution is 2.22. The van der Waals surface area contributed by atoms with E-state index in [1.165, 1.54) is 23.5 Å². The van der Waals surface area contributed by atoms with Gasteiger partial charge in [0, 0.05) is 11.3 Å². The van der Waals surface area contributed by atoms with E-state index in [1.807, 2.05) is 36.4 Å². The summed E-state index contributed by atoms with van der Waals surface area (Å²) in [6.07, 6.45) is 0. The lowest BCUT2D eigenvalue weighted by Crippen LogP contribution is -2.13. The molecule has 0 saturated heterocycles. The number of hydrogen-bond acceptors (Lipinski definition) is 4. The molecule has 3 aromatic carbocycles. The van der Waals surface area contributed by atoms with Crippen molar-refractivity contribution in [2.24, 2.45) is 0 Å². The lowest BCUT2D eigenvalue weighted by atomic mass is 10.1. The molecule has 0 aliphatic carbocycles. The van der Waals surface area contributed by atoms with Gasteiger partial charge in [-0.15, -0.1) is 11.3 Å². The Morgan fingerprint density at radius 2 is 1.57 bits per heavy atom. The van der Waals surface area contributed by atoms with Gasteiger partial charge in [0.15, 0.2) is 0 Å². The minimum Gasteiger partial charge on any atom is -0.322 e. The van der Waals surface area contributed by atoms with Crippen LogP contribution in [-0.4, -0.2) is 14.3 Å². The Morgan fingerprint density at radius 1 is 0.821 bits per heavy atom. The topological polar surface area (TPSA) is 75.3 Å². The molecule has 0 aliphatic rings. The highest BCUT2D eigenvalue weighted by atomic mass is 32.2. The number of fused-ring (bicyclic) bond motifs is 1. The van der Waals surface area contributed by atoms with Gasteiger partial charge in [0.05, 0.1) is 4.90 Å². The lowest BCUT2D eigenvalue weighted by molar-refractivity contribution is 0.102. The average Bonchev–Trinajstić information content (AvgIpc) is 3.20. The van der Waals surface area contributed by atoms with Gasteiger partial charge >= 0.3 is 0 Å². The van der Waals surface area contributed by atoms with Crippen molar-refractivity contribution in [2.45, 2.75) is 4.90 Å². The summed E-state index contributed by atoms with van der Waals surface area (Å²) in [6, 6.07) is 22.8. The lowest BCUT2D eigenvalue weighted by Gasteiger charge is -2.09. The Kier molecular flexibility index (Phi) is 4.85. The van der Waals surface area contributed by atoms with E-state index in [0.717, 1.165) is 10.8 Å². The fourth-order valence-corrected chi connectivity index (χ4v) is 4.71. The van der Waals surface area contributed by atoms with Crippen LogP contribution in [0.1, 0.15) is 10.4 Å². The molecule has 7 heteroatoms. The van der Waals surface area contributed by atoms with Crippen LogP contribution < -0.4 is 10.0 Å². The van der Waals surface area contributed by atoms with Gasteiger partial charge in [-0.1, -0.05) is 30.3 Å². The number of rotatable bonds is 5. The first-order valence-electron chi connectivity index (χ1n) is 8.48. The second kappa shape index (κ2) is 7.46. The molecule has 0 unspecified atom stereocenters. The van der Waals surface area contributed by atoms with Gasteiger partial charge in [-0.25, -0.2) is 8.42 Å². The molecule has 1 amide bonds. The Morgan fingerprint density at radius 3 is 2.29 bits per heavy atom. The van der Waals surface area contributed by atoms with Crippen molar-refractivity contribution in [1.82, 2.24) is 0 Å². The van der Waals surface area contributed by atoms with Crippen LogP contribution in [-0.2, 0) is 10.0 Å². The van der Waals surface area contributed by atoms with Gasteiger partial charge in [-0.3, -0.25) is 9.52 Å². The van der Waals surface area contributed by atoms with Crippen molar-refractivity contribution in [3.8, 4) is 0 Å². The molecule has 4 rings (SSSR count). The highest BCUT2D eigenvalue weighted by Gasteiger charge is 2.15. The zero-order valence-electron chi connectivity index (χ0n) is 14.6. The summed E-state index contributed by atoms with van der Waals surface area (Å²) in [5.41, 5.74) is 1.06. The largest absolute Gasteiger partial charge is 0.322 e. The predicted molar refractivity (Wildman–Crippen MR) is 113 cm³/mol. The summed E-state index contributed by atoms with van der Waals surface area (Å²) in [5.74, 6) is -0.252. The summed E-state index contributed by atoms with van der Waals surface area (Å²) in [4.78, 5) is 12.6. The summed E-state index contributed by atoms with van der Waals surface area (Å²) < 4.78 is 27.3. The summed E-state index contributed by atoms with van der Waals surface area (Å²) in [5, 5.41) is 7.18. The molecule has 28 heavy (non-hydrogen) atoms. The number of anilines is 2. The van der Waals surface area contributed by atoms with Crippen molar-refractivity contribution in [2.75, 3.05) is 10.0 Å². The van der Waals surface area contributed by atoms with Gasteiger partial charge in [0.25, 0.3) is 15.9 Å². The fourth-order valence-electron chi connectivity index (χ4n) is 2.78. The standard InChI is InChI=1S/C21H16N2O3S2/c24-21(17-8-7-15-4-1-2-5-16(15)14-17)22-18-9-11-19(12-10-18)28(25,26)23-20-6-3-13-27-20/h1-14,23H,(H,22,24). The highest BCUT2D eigenvalue weighted by molar-refractivity contribution is 7.93. The Labute approximate surface area is 166 Å². The van der Waals surface area contributed by atoms with E-state index in [0.29, 0.717) is 16.3 Å². The fraction of sp³-hybridized carbons (Fsp3) is 0. The first kappa shape index (κ1) is 18.2. The third-order valence-electron chi connectivity index (χ3n) is 4.19. The monoisotopic (exact) mass is 408 g/mol. The van der Waals surface area contributed by atoms with E-state index >= 15 is 0 Å². The van der Waals surface area contributed by atoms with E-state index in [9.17, 15) is 13.2 Å². The van der Waals surface area contributed by atoms with Crippen molar-refractivity contribution in [1.29, 1.82) is 0 Å². The third kappa shape index (κ3) is 3.90. The molecule has 0 spiro atoms. The van der Waals surface area contributed by atoms with Crippen LogP contribution in [0.4, 0.5) is 10.7 Å². The van der Waals surface area contributed by atoms with E-state index in [-0.39, 0.29) is 10.8 Å². The summed E-state index contributed by atoms with van der Waals surface area (Å²) in [7, 11) is -3.66. The van der Waals surface area contributed by atoms with Gasteiger partial charge in [-0.05, 0) is 64.7 Å². The SMILES string of the molecule is O=C(Nc1ccc(S(=O)(=O)Nc2cccs2)cc1)c1ccc2ccccc2c1. The second-order valence-corrected chi connectivity index (χ2v) is 8.75. The first-order chi connectivity index (χ1) is 13.5. The van der Waals surface area contributed by atoms with Crippen LogP contribution in [0.25, 0.3) is 10.8 Å². The Bertz CT molecular complexity index is 1230. The molecule has 140 valence electrons. The Balaban J connectivity index is 1.49. The third-order valence-corrected chi connectivity index (χ3v) is 6.49. The van der Waals surface area contributed by atoms with Crippen LogP contribution in [0, 0.1) is 0 Å². The maximum absolute atomic E-state index is 12.5. The van der Waals surface area contributed by atoms with Crippen molar-refractivity contribution in [3.05, 3.63) is 89.8 Å². The molecule has 0 fully saturated rings. The number of amides is 1. The minimum absolute atomic E-state index is 0.129. The molecule has 2 N–H and O–H groups in total. The molecule has 1 aromatic heterocycles. The molecular formula is C21H16N2O3S2. The summed E-state index contributed by atoms with van der Waals surface area (Å²) in [6.45, 7) is 0. The quantitative estimate of drug-likeness (QED) is 0.490. The maximum Gasteiger partial charge on any atom is 0.262 e. The molecule has 4 aromatic rings. The number of benzene rings is 3. The van der Waals surface area contributed by atoms with E-state index < -0.39 is 10.0 Å². The van der Waals surface area contributed by atoms with E-state index in [1.54, 1.807) is 35.7 Å². The number of carbonyl (C=O) groups is 1. The molecule has 0 radical (unpaired) electrons. The van der Waals surface area contributed by atoms with Crippen molar-refractivity contribution < 1.29 is 13.2 Å². The van der Waals surface area contributed by atoms with Crippen molar-refractivity contribution >= 4 is 48.7 Å². The molecule has 5 nitrogen and oxygen atoms in total. The number of thiophene rings is 1. The number of nitrogens with one attached hydrogen (secondary N) is 2. The van der Waals surface area contributed by atoms with Gasteiger partial charge in [0.2, 0.25) is 0 Å². The molecule has 0 saturated carbocycles. The maximum atomic E-state index is 12.5. The zero-order chi connectivity index (χ0) is 19.6. The molecular weight excluding hydrogens is 392 g/mol.